The van der Waals surface area contributed by atoms with Gasteiger partial charge in [-0.3, -0.25) is 33.6 Å². The first-order valence-corrected chi connectivity index (χ1v) is 32.7. The van der Waals surface area contributed by atoms with E-state index < -0.39 is 168 Å². The molecule has 4 amide bonds. The van der Waals surface area contributed by atoms with E-state index in [0.29, 0.717) is 30.6 Å². The molecule has 3 aliphatic carbocycles. The van der Waals surface area contributed by atoms with Gasteiger partial charge in [-0.25, -0.2) is 14.4 Å². The number of hydrogen-bond donors (Lipinski definition) is 8. The molecule has 1 aliphatic heterocycles. The zero-order chi connectivity index (χ0) is 70.9. The number of hydrogen-bond acceptors (Lipinski definition) is 21. The van der Waals surface area contributed by atoms with Gasteiger partial charge in [0.25, 0.3) is 5.91 Å². The number of fused-ring (bicyclic) bond motifs is 5. The van der Waals surface area contributed by atoms with E-state index in [1.807, 2.05) is 13.8 Å². The third kappa shape index (κ3) is 16.1. The molecular formula is C72H90N6O19. The first-order chi connectivity index (χ1) is 45.9. The summed E-state index contributed by atoms with van der Waals surface area (Å²) in [5, 5.41) is 37.7. The number of nitrogens with one attached hydrogen (secondary N) is 4. The molecule has 14 atom stereocenters. The molecule has 0 radical (unpaired) electrons. The van der Waals surface area contributed by atoms with Crippen molar-refractivity contribution < 1.29 is 91.3 Å². The maximum Gasteiger partial charge on any atom is 0.509 e. The van der Waals surface area contributed by atoms with Crippen LogP contribution in [0, 0.1) is 28.6 Å². The zero-order valence-electron chi connectivity index (χ0n) is 56.3. The Balaban J connectivity index is 1.13. The second-order valence-corrected chi connectivity index (χ2v) is 27.0. The van der Waals surface area contributed by atoms with Crippen molar-refractivity contribution in [1.82, 2.24) is 16.0 Å². The molecule has 2 saturated carbocycles. The van der Waals surface area contributed by atoms with Gasteiger partial charge >= 0.3 is 30.0 Å². The molecule has 25 heteroatoms. The highest BCUT2D eigenvalue weighted by molar-refractivity contribution is 5.99. The Hall–Kier alpha value is -8.88. The van der Waals surface area contributed by atoms with Gasteiger partial charge in [-0.05, 0) is 117 Å². The number of esters is 4. The van der Waals surface area contributed by atoms with E-state index >= 15 is 9.59 Å². The third-order valence-corrected chi connectivity index (χ3v) is 19.2. The molecule has 25 nitrogen and oxygen atoms in total. The van der Waals surface area contributed by atoms with Crippen molar-refractivity contribution in [3.05, 3.63) is 149 Å². The lowest BCUT2D eigenvalue weighted by molar-refractivity contribution is -0.346. The second-order valence-electron chi connectivity index (χ2n) is 27.0. The fraction of sp³-hybridized carbons (Fsp3) is 0.500. The van der Waals surface area contributed by atoms with Gasteiger partial charge in [0.15, 0.2) is 17.5 Å². The Morgan fingerprint density at radius 3 is 1.91 bits per heavy atom. The van der Waals surface area contributed by atoms with Crippen LogP contribution in [0.2, 0.25) is 0 Å². The number of carbonyl (C=O) groups is 10. The summed E-state index contributed by atoms with van der Waals surface area (Å²) in [6.45, 7) is 14.9. The van der Waals surface area contributed by atoms with Gasteiger partial charge < -0.3 is 76.1 Å². The minimum Gasteiger partial charge on any atom is -0.455 e. The van der Waals surface area contributed by atoms with E-state index in [1.165, 1.54) is 76.2 Å². The number of aliphatic hydroxyl groups excluding tert-OH is 1. The first kappa shape index (κ1) is 73.9. The number of ketones is 1. The van der Waals surface area contributed by atoms with E-state index in [4.69, 9.17) is 44.6 Å². The molecule has 0 unspecified atom stereocenters. The summed E-state index contributed by atoms with van der Waals surface area (Å²) < 4.78 is 42.7. The molecule has 1 saturated heterocycles. The van der Waals surface area contributed by atoms with Crippen LogP contribution in [0.25, 0.3) is 0 Å². The molecule has 4 aromatic carbocycles. The van der Waals surface area contributed by atoms with Crippen molar-refractivity contribution in [3.63, 3.8) is 0 Å². The van der Waals surface area contributed by atoms with Crippen LogP contribution in [0.1, 0.15) is 146 Å². The van der Waals surface area contributed by atoms with Crippen LogP contribution in [0.4, 0.5) is 10.5 Å². The molecule has 0 spiro atoms. The van der Waals surface area contributed by atoms with Crippen LogP contribution in [-0.4, -0.2) is 149 Å². The van der Waals surface area contributed by atoms with Gasteiger partial charge in [0.05, 0.1) is 35.6 Å². The summed E-state index contributed by atoms with van der Waals surface area (Å²) in [6.07, 6.45) is -11.4. The molecule has 1 heterocycles. The molecule has 97 heavy (non-hydrogen) atoms. The number of Topliss-reactive ketones (excluding diaryl/α,β-unsaturated/α-hetero) is 1. The van der Waals surface area contributed by atoms with Crippen molar-refractivity contribution in [2.75, 3.05) is 18.5 Å². The molecule has 10 N–H and O–H groups in total. The molecule has 3 fully saturated rings. The van der Waals surface area contributed by atoms with Crippen molar-refractivity contribution in [1.29, 1.82) is 0 Å². The molecular weight excluding hydrogens is 1250 g/mol. The predicted octanol–water partition coefficient (Wildman–Crippen LogP) is 6.16. The van der Waals surface area contributed by atoms with Crippen molar-refractivity contribution in [2.45, 2.75) is 186 Å². The van der Waals surface area contributed by atoms with E-state index in [-0.39, 0.29) is 58.9 Å². The van der Waals surface area contributed by atoms with E-state index in [2.05, 4.69) is 21.3 Å². The number of nitrogens with two attached hydrogens (primary N) is 2. The Bertz CT molecular complexity index is 3570. The summed E-state index contributed by atoms with van der Waals surface area (Å²) in [7, 11) is 0. The second kappa shape index (κ2) is 31.1. The Kier molecular flexibility index (Phi) is 23.7. The summed E-state index contributed by atoms with van der Waals surface area (Å²) in [5.74, 6) is -9.30. The smallest absolute Gasteiger partial charge is 0.455 e. The standard InChI is InChI=1S/C72H90N6O19/c1-39(2)34-50(77-65(86)55(74)40(3)4)64(85)76-49(28-20-21-33-73)63(84)75-48-31-29-44(30-32-48)37-91-68(89)95-58(56(45-22-14-11-15-23-45)78-62(83)46-24-16-12-17-25-46)67(88)94-51-36-72(90)61(96-66(87)47-26-18-13-19-27-47)59-70(10,52(81)35-53-71(59,38-92-53)97-43(7)80)60(82)57(93-42(6)79)54(41(51)5)69(72,8)9/h11-19,22-27,29-32,39-40,49-53,55-59,61,81,90H,20-21,28,33-38,73-74H2,1-10H3,(H,75,84)(H,76,85)(H,77,86)(H,78,83)/t49-,50-,51-,52-,53+,55+,56-,57+,58+,59-,61-,70+,71-,72+/m0/s1. The minimum atomic E-state index is -2.55. The lowest BCUT2D eigenvalue weighted by Gasteiger charge is -2.67. The number of aliphatic hydroxyl groups is 2. The Morgan fingerprint density at radius 2 is 1.34 bits per heavy atom. The maximum absolute atomic E-state index is 15.9. The molecule has 2 bridgehead atoms. The van der Waals surface area contributed by atoms with Crippen molar-refractivity contribution in [3.8, 4) is 0 Å². The van der Waals surface area contributed by atoms with Crippen molar-refractivity contribution >= 4 is 65.1 Å². The molecule has 0 aromatic heterocycles. The SMILES string of the molecule is CC(=O)O[C@H]1C(=O)[C@@]2(C)[C@H]([C@H](OC(=O)c3ccccc3)[C@]3(O)C[C@H](OC(=O)[C@H](OC(=O)OCc4ccc(NC(=O)[C@H](CCCCN)NC(=O)[C@H](CC(C)C)NC(=O)[C@H](N)C(C)C)cc4)[C@@H](NC(=O)c4ccccc4)c4ccccc4)C(C)=C1C3(C)C)[C@]1(OC(C)=O)CO[C@@H]1C[C@@H]2O. The predicted molar refractivity (Wildman–Crippen MR) is 351 cm³/mol. The first-order valence-electron chi connectivity index (χ1n) is 32.7. The summed E-state index contributed by atoms with van der Waals surface area (Å²) in [5.41, 5.74) is 4.46. The number of benzene rings is 4. The van der Waals surface area contributed by atoms with E-state index in [1.54, 1.807) is 80.6 Å². The fourth-order valence-electron chi connectivity index (χ4n) is 13.8. The summed E-state index contributed by atoms with van der Waals surface area (Å²) >= 11 is 0. The van der Waals surface area contributed by atoms with Crippen molar-refractivity contribution in [2.24, 2.45) is 40.1 Å². The van der Waals surface area contributed by atoms with Crippen LogP contribution in [0.5, 0.6) is 0 Å². The Labute approximate surface area is 563 Å². The number of anilines is 1. The quantitative estimate of drug-likeness (QED) is 0.0151. The fourth-order valence-corrected chi connectivity index (χ4v) is 13.8. The van der Waals surface area contributed by atoms with E-state index in [0.717, 1.165) is 13.8 Å². The third-order valence-electron chi connectivity index (χ3n) is 19.2. The number of rotatable bonds is 26. The number of unbranched alkanes of at least 4 members (excludes halogenated alkanes) is 1. The van der Waals surface area contributed by atoms with Gasteiger partial charge in [-0.1, -0.05) is 120 Å². The van der Waals surface area contributed by atoms with Gasteiger partial charge in [-0.15, -0.1) is 0 Å². The van der Waals surface area contributed by atoms with Gasteiger partial charge in [0.2, 0.25) is 23.8 Å². The van der Waals surface area contributed by atoms with Gasteiger partial charge in [-0.2, -0.15) is 0 Å². The number of amides is 4. The molecule has 4 aliphatic rings. The molecule has 522 valence electrons. The lowest BCUT2D eigenvalue weighted by Crippen LogP contribution is -2.82. The number of carbonyl (C=O) groups excluding carboxylic acids is 10. The maximum atomic E-state index is 15.9. The average molecular weight is 1340 g/mol. The zero-order valence-corrected chi connectivity index (χ0v) is 56.3. The number of ether oxygens (including phenoxy) is 7. The monoisotopic (exact) mass is 1340 g/mol. The van der Waals surface area contributed by atoms with Crippen LogP contribution >= 0.6 is 0 Å². The van der Waals surface area contributed by atoms with Gasteiger partial charge in [0.1, 0.15) is 48.6 Å². The summed E-state index contributed by atoms with van der Waals surface area (Å²) in [6, 6.07) is 25.3. The lowest BCUT2D eigenvalue weighted by atomic mass is 9.44. The Morgan fingerprint density at radius 1 is 0.732 bits per heavy atom. The van der Waals surface area contributed by atoms with Crippen LogP contribution in [-0.2, 0) is 73.3 Å². The van der Waals surface area contributed by atoms with Crippen LogP contribution in [0.15, 0.2) is 126 Å². The van der Waals surface area contributed by atoms with E-state index in [9.17, 15) is 48.6 Å². The largest absolute Gasteiger partial charge is 0.509 e. The summed E-state index contributed by atoms with van der Waals surface area (Å²) in [4.78, 5) is 142. The normalized spacial score (nSPS) is 25.4. The minimum absolute atomic E-state index is 0.00515. The topological polar surface area (TPSA) is 376 Å². The molecule has 8 rings (SSSR count). The molecule has 4 aromatic rings. The highest BCUT2D eigenvalue weighted by Gasteiger charge is 2.78. The van der Waals surface area contributed by atoms with Crippen LogP contribution < -0.4 is 32.7 Å². The van der Waals surface area contributed by atoms with Gasteiger partial charge in [0, 0.05) is 43.4 Å². The average Bonchev–Trinajstić information content (AvgIpc) is 0.669. The van der Waals surface area contributed by atoms with Crippen LogP contribution in [0.3, 0.4) is 0 Å². The highest BCUT2D eigenvalue weighted by Crippen LogP contribution is 2.64. The highest BCUT2D eigenvalue weighted by atomic mass is 16.7.